The summed E-state index contributed by atoms with van der Waals surface area (Å²) < 4.78 is 5.15. The molecule has 1 atom stereocenters. The maximum Gasteiger partial charge on any atom is 0.226 e. The van der Waals surface area contributed by atoms with Gasteiger partial charge in [0.25, 0.3) is 0 Å². The van der Waals surface area contributed by atoms with Gasteiger partial charge in [0, 0.05) is 12.0 Å². The largest absolute Gasteiger partial charge is 0.339 e. The van der Waals surface area contributed by atoms with Gasteiger partial charge in [0.15, 0.2) is 0 Å². The summed E-state index contributed by atoms with van der Waals surface area (Å²) in [6.07, 6.45) is 3.21. The summed E-state index contributed by atoms with van der Waals surface area (Å²) in [5, 5.41) is 4.02. The van der Waals surface area contributed by atoms with Gasteiger partial charge in [0.05, 0.1) is 0 Å². The molecule has 1 aromatic carbocycles. The molecule has 0 bridgehead atoms. The van der Waals surface area contributed by atoms with Crippen molar-refractivity contribution in [2.45, 2.75) is 39.0 Å². The molecule has 3 rings (SSSR count). The summed E-state index contributed by atoms with van der Waals surface area (Å²) in [6.45, 7) is 4.30. The highest BCUT2D eigenvalue weighted by Crippen LogP contribution is 2.34. The van der Waals surface area contributed by atoms with Gasteiger partial charge >= 0.3 is 0 Å². The number of benzene rings is 1. The van der Waals surface area contributed by atoms with Crippen molar-refractivity contribution in [3.8, 4) is 11.4 Å². The molecule has 88 valence electrons. The Morgan fingerprint density at radius 3 is 3.06 bits per heavy atom. The Labute approximate surface area is 101 Å². The summed E-state index contributed by atoms with van der Waals surface area (Å²) in [7, 11) is 0. The van der Waals surface area contributed by atoms with Gasteiger partial charge in [0.2, 0.25) is 11.7 Å². The number of rotatable bonds is 2. The quantitative estimate of drug-likeness (QED) is 0.791. The Morgan fingerprint density at radius 2 is 2.29 bits per heavy atom. The van der Waals surface area contributed by atoms with Crippen LogP contribution in [0.5, 0.6) is 0 Å². The number of aryl methyl sites for hydroxylation is 2. The first-order valence-electron chi connectivity index (χ1n) is 6.23. The van der Waals surface area contributed by atoms with E-state index < -0.39 is 0 Å². The van der Waals surface area contributed by atoms with Crippen molar-refractivity contribution in [2.24, 2.45) is 0 Å². The molecule has 0 aliphatic heterocycles. The number of hydrogen-bond donors (Lipinski definition) is 0. The van der Waals surface area contributed by atoms with E-state index in [0.717, 1.165) is 12.0 Å². The molecule has 0 fully saturated rings. The van der Waals surface area contributed by atoms with E-state index in [4.69, 9.17) is 4.52 Å². The van der Waals surface area contributed by atoms with Crippen molar-refractivity contribution in [1.82, 2.24) is 10.1 Å². The molecule has 0 saturated heterocycles. The van der Waals surface area contributed by atoms with Gasteiger partial charge in [-0.1, -0.05) is 31.1 Å². The van der Waals surface area contributed by atoms with Crippen LogP contribution in [0.15, 0.2) is 22.7 Å². The Balaban J connectivity index is 1.99. The van der Waals surface area contributed by atoms with Crippen molar-refractivity contribution in [2.75, 3.05) is 0 Å². The van der Waals surface area contributed by atoms with Crippen LogP contribution in [0.2, 0.25) is 0 Å². The van der Waals surface area contributed by atoms with Gasteiger partial charge in [-0.25, -0.2) is 0 Å². The maximum absolute atomic E-state index is 5.15. The predicted octanol–water partition coefficient (Wildman–Crippen LogP) is 3.35. The molecule has 2 aromatic rings. The van der Waals surface area contributed by atoms with Gasteiger partial charge in [-0.3, -0.25) is 0 Å². The molecule has 0 radical (unpaired) electrons. The standard InChI is InChI=1S/C14H16N2O/c1-3-13-15-14(16-17-13)11-6-7-12-9(2)4-5-10(12)8-11/h6-9H,3-5H2,1-2H3/t9-/m1/s1. The Bertz CT molecular complexity index is 545. The summed E-state index contributed by atoms with van der Waals surface area (Å²) in [5.74, 6) is 2.11. The molecule has 0 N–H and O–H groups in total. The molecule has 0 saturated carbocycles. The summed E-state index contributed by atoms with van der Waals surface area (Å²) in [4.78, 5) is 4.37. The molecule has 0 unspecified atom stereocenters. The third-order valence-corrected chi connectivity index (χ3v) is 3.55. The highest BCUT2D eigenvalue weighted by Gasteiger charge is 2.19. The fourth-order valence-corrected chi connectivity index (χ4v) is 2.49. The Morgan fingerprint density at radius 1 is 1.41 bits per heavy atom. The zero-order chi connectivity index (χ0) is 11.8. The topological polar surface area (TPSA) is 38.9 Å². The molecular formula is C14H16N2O. The average molecular weight is 228 g/mol. The molecule has 1 aliphatic carbocycles. The van der Waals surface area contributed by atoms with Crippen molar-refractivity contribution < 1.29 is 4.52 Å². The fraction of sp³-hybridized carbons (Fsp3) is 0.429. The van der Waals surface area contributed by atoms with Crippen LogP contribution in [0.3, 0.4) is 0 Å². The molecule has 1 aliphatic rings. The van der Waals surface area contributed by atoms with Crippen LogP contribution in [0.4, 0.5) is 0 Å². The van der Waals surface area contributed by atoms with Crippen molar-refractivity contribution in [3.05, 3.63) is 35.2 Å². The average Bonchev–Trinajstić information content (AvgIpc) is 2.96. The van der Waals surface area contributed by atoms with Gasteiger partial charge in [-0.05, 0) is 36.0 Å². The first kappa shape index (κ1) is 10.5. The van der Waals surface area contributed by atoms with E-state index in [1.54, 1.807) is 0 Å². The molecular weight excluding hydrogens is 212 g/mol. The van der Waals surface area contributed by atoms with Crippen LogP contribution in [0.25, 0.3) is 11.4 Å². The molecule has 3 nitrogen and oxygen atoms in total. The third kappa shape index (κ3) is 1.75. The van der Waals surface area contributed by atoms with Gasteiger partial charge in [-0.15, -0.1) is 0 Å². The van der Waals surface area contributed by atoms with Crippen LogP contribution in [0.1, 0.15) is 43.2 Å². The predicted molar refractivity (Wildman–Crippen MR) is 65.8 cm³/mol. The minimum atomic E-state index is 0.690. The van der Waals surface area contributed by atoms with Crippen LogP contribution >= 0.6 is 0 Å². The van der Waals surface area contributed by atoms with E-state index in [1.165, 1.54) is 24.0 Å². The second-order valence-corrected chi connectivity index (χ2v) is 4.72. The maximum atomic E-state index is 5.15. The SMILES string of the molecule is CCc1nc(-c2ccc3c(c2)CC[C@H]3C)no1. The lowest BCUT2D eigenvalue weighted by atomic mass is 10.0. The lowest BCUT2D eigenvalue weighted by molar-refractivity contribution is 0.383. The van der Waals surface area contributed by atoms with E-state index >= 15 is 0 Å². The van der Waals surface area contributed by atoms with Crippen molar-refractivity contribution in [1.29, 1.82) is 0 Å². The van der Waals surface area contributed by atoms with Crippen LogP contribution < -0.4 is 0 Å². The van der Waals surface area contributed by atoms with Crippen molar-refractivity contribution in [3.63, 3.8) is 0 Å². The summed E-state index contributed by atoms with van der Waals surface area (Å²) in [5.41, 5.74) is 3.99. The van der Waals surface area contributed by atoms with Gasteiger partial charge in [0.1, 0.15) is 0 Å². The van der Waals surface area contributed by atoms with Gasteiger partial charge < -0.3 is 4.52 Å². The van der Waals surface area contributed by atoms with Crippen LogP contribution in [-0.4, -0.2) is 10.1 Å². The number of aromatic nitrogens is 2. The van der Waals surface area contributed by atoms with Crippen LogP contribution in [-0.2, 0) is 12.8 Å². The lowest BCUT2D eigenvalue weighted by Gasteiger charge is -2.04. The fourth-order valence-electron chi connectivity index (χ4n) is 2.49. The second kappa shape index (κ2) is 3.99. The zero-order valence-corrected chi connectivity index (χ0v) is 10.2. The van der Waals surface area contributed by atoms with E-state index in [0.29, 0.717) is 17.6 Å². The monoisotopic (exact) mass is 228 g/mol. The molecule has 1 aromatic heterocycles. The number of nitrogens with zero attached hydrogens (tertiary/aromatic N) is 2. The number of fused-ring (bicyclic) bond motifs is 1. The first-order chi connectivity index (χ1) is 8.28. The molecule has 0 spiro atoms. The molecule has 17 heavy (non-hydrogen) atoms. The van der Waals surface area contributed by atoms with Crippen LogP contribution in [0, 0.1) is 0 Å². The normalized spacial score (nSPS) is 18.4. The molecule has 3 heteroatoms. The lowest BCUT2D eigenvalue weighted by Crippen LogP contribution is -1.88. The van der Waals surface area contributed by atoms with Crippen molar-refractivity contribution >= 4 is 0 Å². The summed E-state index contributed by atoms with van der Waals surface area (Å²) in [6, 6.07) is 6.53. The summed E-state index contributed by atoms with van der Waals surface area (Å²) >= 11 is 0. The minimum Gasteiger partial charge on any atom is -0.339 e. The van der Waals surface area contributed by atoms with E-state index in [-0.39, 0.29) is 0 Å². The second-order valence-electron chi connectivity index (χ2n) is 4.72. The highest BCUT2D eigenvalue weighted by molar-refractivity contribution is 5.58. The molecule has 1 heterocycles. The molecule has 0 amide bonds. The minimum absolute atomic E-state index is 0.690. The van der Waals surface area contributed by atoms with E-state index in [9.17, 15) is 0 Å². The Hall–Kier alpha value is -1.64. The van der Waals surface area contributed by atoms with Gasteiger partial charge in [-0.2, -0.15) is 4.98 Å². The third-order valence-electron chi connectivity index (χ3n) is 3.55. The van der Waals surface area contributed by atoms with E-state index in [2.05, 4.69) is 35.3 Å². The first-order valence-corrected chi connectivity index (χ1v) is 6.23. The Kier molecular flexibility index (Phi) is 2.46. The number of hydrogen-bond acceptors (Lipinski definition) is 3. The zero-order valence-electron chi connectivity index (χ0n) is 10.2. The van der Waals surface area contributed by atoms with E-state index in [1.807, 2.05) is 6.92 Å². The highest BCUT2D eigenvalue weighted by atomic mass is 16.5. The smallest absolute Gasteiger partial charge is 0.226 e.